The predicted molar refractivity (Wildman–Crippen MR) is 141 cm³/mol. The van der Waals surface area contributed by atoms with E-state index in [1.807, 2.05) is 37.3 Å². The van der Waals surface area contributed by atoms with E-state index in [-0.39, 0.29) is 25.3 Å². The second kappa shape index (κ2) is 14.0. The van der Waals surface area contributed by atoms with Gasteiger partial charge in [0, 0.05) is 13.0 Å². The maximum Gasteiger partial charge on any atom is 0.408 e. The first-order valence-corrected chi connectivity index (χ1v) is 12.4. The van der Waals surface area contributed by atoms with Crippen LogP contribution in [-0.2, 0) is 30.3 Å². The lowest BCUT2D eigenvalue weighted by Crippen LogP contribution is -2.54. The number of esters is 1. The fourth-order valence-corrected chi connectivity index (χ4v) is 3.76. The van der Waals surface area contributed by atoms with E-state index in [0.29, 0.717) is 12.0 Å². The molecule has 10 nitrogen and oxygen atoms in total. The van der Waals surface area contributed by atoms with E-state index in [9.17, 15) is 24.3 Å². The number of alkyl carbamates (subject to hydrolysis) is 1. The second-order valence-corrected chi connectivity index (χ2v) is 9.71. The molecule has 0 aromatic heterocycles. The fraction of sp³-hybridized carbons (Fsp3) is 0.429. The summed E-state index contributed by atoms with van der Waals surface area (Å²) in [7, 11) is 1.20. The van der Waals surface area contributed by atoms with Gasteiger partial charge in [0.2, 0.25) is 11.8 Å². The van der Waals surface area contributed by atoms with Crippen LogP contribution >= 0.6 is 0 Å². The number of carbonyl (C=O) groups is 4. The Labute approximate surface area is 223 Å². The number of hydrogen-bond acceptors (Lipinski definition) is 7. The maximum atomic E-state index is 14.1. The van der Waals surface area contributed by atoms with Gasteiger partial charge in [-0.15, -0.1) is 0 Å². The number of ether oxygens (including phenoxy) is 2. The summed E-state index contributed by atoms with van der Waals surface area (Å²) in [5.41, 5.74) is 0.438. The van der Waals surface area contributed by atoms with Crippen LogP contribution in [0, 0.1) is 0 Å². The van der Waals surface area contributed by atoms with Crippen molar-refractivity contribution in [3.8, 4) is 5.75 Å². The lowest BCUT2D eigenvalue weighted by molar-refractivity contribution is -0.144. The number of nitrogens with one attached hydrogen (secondary N) is 2. The van der Waals surface area contributed by atoms with Crippen LogP contribution in [-0.4, -0.2) is 65.7 Å². The van der Waals surface area contributed by atoms with Crippen molar-refractivity contribution in [3.05, 3.63) is 65.7 Å². The normalized spacial score (nSPS) is 12.6. The van der Waals surface area contributed by atoms with Crippen LogP contribution < -0.4 is 10.6 Å². The van der Waals surface area contributed by atoms with Crippen LogP contribution in [0.1, 0.15) is 51.3 Å². The monoisotopic (exact) mass is 527 g/mol. The van der Waals surface area contributed by atoms with Crippen molar-refractivity contribution in [3.63, 3.8) is 0 Å². The van der Waals surface area contributed by atoms with Crippen LogP contribution in [0.4, 0.5) is 4.79 Å². The largest absolute Gasteiger partial charge is 0.508 e. The van der Waals surface area contributed by atoms with E-state index < -0.39 is 41.6 Å². The molecule has 0 aliphatic rings. The Bertz CT molecular complexity index is 1080. The SMILES string of the molecule is CCCN(C(=O)C(Cc1ccccc1)NC(=O)OC(C)(C)C)C(C(=O)NCC(=O)OC)c1ccc(O)cc1. The van der Waals surface area contributed by atoms with E-state index in [1.165, 1.54) is 36.3 Å². The van der Waals surface area contributed by atoms with Crippen molar-refractivity contribution in [2.75, 3.05) is 20.2 Å². The molecule has 0 aliphatic heterocycles. The first-order valence-electron chi connectivity index (χ1n) is 12.4. The van der Waals surface area contributed by atoms with Crippen LogP contribution in [0.5, 0.6) is 5.75 Å². The number of aromatic hydroxyl groups is 1. The molecule has 0 saturated carbocycles. The zero-order valence-electron chi connectivity index (χ0n) is 22.5. The molecule has 2 aromatic carbocycles. The van der Waals surface area contributed by atoms with Gasteiger partial charge in [-0.1, -0.05) is 49.4 Å². The van der Waals surface area contributed by atoms with Crippen LogP contribution in [0.15, 0.2) is 54.6 Å². The molecule has 3 N–H and O–H groups in total. The number of nitrogens with zero attached hydrogens (tertiary/aromatic N) is 1. The summed E-state index contributed by atoms with van der Waals surface area (Å²) in [5.74, 6) is -1.78. The van der Waals surface area contributed by atoms with Crippen LogP contribution in [0.3, 0.4) is 0 Å². The Balaban J connectivity index is 2.48. The molecule has 0 spiro atoms. The third-order valence-corrected chi connectivity index (χ3v) is 5.42. The quantitative estimate of drug-likeness (QED) is 0.382. The zero-order valence-corrected chi connectivity index (χ0v) is 22.5. The summed E-state index contributed by atoms with van der Waals surface area (Å²) in [6.45, 7) is 6.80. The highest BCUT2D eigenvalue weighted by Gasteiger charge is 2.36. The van der Waals surface area contributed by atoms with Gasteiger partial charge in [0.1, 0.15) is 30.0 Å². The molecule has 0 saturated heterocycles. The molecule has 2 aromatic rings. The molecular formula is C28H37N3O7. The average molecular weight is 528 g/mol. The third kappa shape index (κ3) is 9.42. The number of hydrogen-bond donors (Lipinski definition) is 3. The van der Waals surface area contributed by atoms with Gasteiger partial charge in [-0.2, -0.15) is 0 Å². The van der Waals surface area contributed by atoms with Gasteiger partial charge in [0.15, 0.2) is 0 Å². The number of methoxy groups -OCH3 is 1. The Morgan fingerprint density at radius 3 is 2.18 bits per heavy atom. The second-order valence-electron chi connectivity index (χ2n) is 9.71. The standard InChI is InChI=1S/C28H37N3O7/c1-6-16-31(24(20-12-14-21(32)15-13-20)25(34)29-18-23(33)37-5)26(35)22(17-19-10-8-7-9-11-19)30-27(36)38-28(2,3)4/h7-15,22,24,32H,6,16-18H2,1-5H3,(H,29,34)(H,30,36). The van der Waals surface area contributed by atoms with Crippen LogP contribution in [0.25, 0.3) is 0 Å². The number of carbonyl (C=O) groups excluding carboxylic acids is 4. The van der Waals surface area contributed by atoms with Gasteiger partial charge < -0.3 is 30.1 Å². The highest BCUT2D eigenvalue weighted by atomic mass is 16.6. The molecule has 206 valence electrons. The summed E-state index contributed by atoms with van der Waals surface area (Å²) in [6, 6.07) is 12.8. The van der Waals surface area contributed by atoms with E-state index in [4.69, 9.17) is 4.74 Å². The van der Waals surface area contributed by atoms with Gasteiger partial charge in [-0.3, -0.25) is 14.4 Å². The molecular weight excluding hydrogens is 490 g/mol. The minimum absolute atomic E-state index is 0.00983. The summed E-state index contributed by atoms with van der Waals surface area (Å²) in [4.78, 5) is 53.2. The molecule has 2 rings (SSSR count). The summed E-state index contributed by atoms with van der Waals surface area (Å²) in [5, 5.41) is 15.0. The van der Waals surface area contributed by atoms with Crippen molar-refractivity contribution in [1.82, 2.24) is 15.5 Å². The molecule has 2 unspecified atom stereocenters. The van der Waals surface area contributed by atoms with Crippen molar-refractivity contribution in [1.29, 1.82) is 0 Å². The highest BCUT2D eigenvalue weighted by Crippen LogP contribution is 2.25. The lowest BCUT2D eigenvalue weighted by atomic mass is 10.00. The summed E-state index contributed by atoms with van der Waals surface area (Å²) in [6.07, 6.45) is -0.0973. The summed E-state index contributed by atoms with van der Waals surface area (Å²) >= 11 is 0. The van der Waals surface area contributed by atoms with Gasteiger partial charge in [-0.05, 0) is 50.5 Å². The minimum atomic E-state index is -1.15. The molecule has 0 bridgehead atoms. The molecule has 0 aliphatic carbocycles. The first kappa shape index (κ1) is 30.1. The van der Waals surface area contributed by atoms with Crippen molar-refractivity contribution in [2.24, 2.45) is 0 Å². The minimum Gasteiger partial charge on any atom is -0.508 e. The molecule has 2 atom stereocenters. The maximum absolute atomic E-state index is 14.1. The smallest absolute Gasteiger partial charge is 0.408 e. The topological polar surface area (TPSA) is 134 Å². The Morgan fingerprint density at radius 1 is 1.00 bits per heavy atom. The van der Waals surface area contributed by atoms with E-state index in [2.05, 4.69) is 15.4 Å². The predicted octanol–water partition coefficient (Wildman–Crippen LogP) is 3.10. The number of benzene rings is 2. The number of phenols is 1. The van der Waals surface area contributed by atoms with Crippen molar-refractivity contribution in [2.45, 2.75) is 58.2 Å². The average Bonchev–Trinajstić information content (AvgIpc) is 2.86. The number of amides is 3. The molecule has 3 amide bonds. The summed E-state index contributed by atoms with van der Waals surface area (Å²) < 4.78 is 10.0. The van der Waals surface area contributed by atoms with Crippen LogP contribution in [0.2, 0.25) is 0 Å². The lowest BCUT2D eigenvalue weighted by Gasteiger charge is -2.34. The number of phenolic OH excluding ortho intramolecular Hbond substituents is 1. The molecule has 38 heavy (non-hydrogen) atoms. The fourth-order valence-electron chi connectivity index (χ4n) is 3.76. The Hall–Kier alpha value is -4.08. The van der Waals surface area contributed by atoms with Crippen molar-refractivity contribution >= 4 is 23.9 Å². The van der Waals surface area contributed by atoms with Gasteiger partial charge >= 0.3 is 12.1 Å². The molecule has 0 radical (unpaired) electrons. The Kier molecular flexibility index (Phi) is 11.1. The molecule has 10 heteroatoms. The van der Waals surface area contributed by atoms with E-state index in [1.54, 1.807) is 20.8 Å². The zero-order chi connectivity index (χ0) is 28.3. The third-order valence-electron chi connectivity index (χ3n) is 5.42. The van der Waals surface area contributed by atoms with Crippen molar-refractivity contribution < 1.29 is 33.8 Å². The van der Waals surface area contributed by atoms with E-state index >= 15 is 0 Å². The molecule has 0 heterocycles. The number of rotatable bonds is 11. The van der Waals surface area contributed by atoms with Gasteiger partial charge in [0.05, 0.1) is 7.11 Å². The molecule has 0 fully saturated rings. The van der Waals surface area contributed by atoms with Gasteiger partial charge in [-0.25, -0.2) is 4.79 Å². The van der Waals surface area contributed by atoms with Gasteiger partial charge in [0.25, 0.3) is 0 Å². The van der Waals surface area contributed by atoms with E-state index in [0.717, 1.165) is 5.56 Å². The highest BCUT2D eigenvalue weighted by molar-refractivity contribution is 5.93. The first-order chi connectivity index (χ1) is 17.9. The Morgan fingerprint density at radius 2 is 1.63 bits per heavy atom.